The van der Waals surface area contributed by atoms with Crippen LogP contribution in [0.5, 0.6) is 0 Å². The first-order valence-corrected chi connectivity index (χ1v) is 6.21. The Hall–Kier alpha value is -0.150. The van der Waals surface area contributed by atoms with Crippen molar-refractivity contribution < 1.29 is 57.2 Å². The minimum atomic E-state index is -4.69. The van der Waals surface area contributed by atoms with Crippen LogP contribution in [0.1, 0.15) is 20.3 Å². The van der Waals surface area contributed by atoms with E-state index in [1.807, 2.05) is 5.32 Å². The minimum absolute atomic E-state index is 0. The average molecular weight is 275 g/mol. The third-order valence-electron chi connectivity index (χ3n) is 2.05. The maximum atomic E-state index is 11.3. The number of amides is 1. The second-order valence-corrected chi connectivity index (χ2v) is 4.88. The molecule has 0 heterocycles. The number of carboxylic acid groups (broad SMARTS) is 1. The van der Waals surface area contributed by atoms with Crippen LogP contribution in [0.3, 0.4) is 0 Å². The van der Waals surface area contributed by atoms with Gasteiger partial charge < -0.3 is 15.0 Å². The maximum absolute atomic E-state index is 11.3. The summed E-state index contributed by atoms with van der Waals surface area (Å²) in [5.41, 5.74) is 0. The molecule has 0 rings (SSSR count). The molecule has 0 aliphatic carbocycles. The first-order valence-electron chi connectivity index (χ1n) is 4.64. The van der Waals surface area contributed by atoms with Gasteiger partial charge in [-0.3, -0.25) is 4.79 Å². The van der Waals surface area contributed by atoms with Gasteiger partial charge in [0, 0.05) is 5.92 Å². The largest absolute Gasteiger partial charge is 1.00 e. The molecule has 0 saturated carbocycles. The van der Waals surface area contributed by atoms with Gasteiger partial charge in [-0.05, 0) is 6.42 Å². The summed E-state index contributed by atoms with van der Waals surface area (Å²) in [7, 11) is -4.69. The van der Waals surface area contributed by atoms with Crippen LogP contribution >= 0.6 is 0 Å². The fraction of sp³-hybridized carbons (Fsp3) is 0.750. The summed E-state index contributed by atoms with van der Waals surface area (Å²) in [5.74, 6) is -3.71. The van der Waals surface area contributed by atoms with Crippen molar-refractivity contribution in [1.29, 1.82) is 0 Å². The summed E-state index contributed by atoms with van der Waals surface area (Å²) >= 11 is 0. The van der Waals surface area contributed by atoms with Crippen molar-refractivity contribution in [2.45, 2.75) is 26.3 Å². The molecule has 1 amide bonds. The van der Waals surface area contributed by atoms with Crippen molar-refractivity contribution in [2.75, 3.05) is 5.75 Å². The van der Waals surface area contributed by atoms with E-state index in [2.05, 4.69) is 0 Å². The summed E-state index contributed by atoms with van der Waals surface area (Å²) in [6.07, 6.45) is 0.488. The molecule has 2 atom stereocenters. The van der Waals surface area contributed by atoms with Crippen LogP contribution < -0.4 is 34.9 Å². The Balaban J connectivity index is 0. The standard InChI is InChI=1S/C8H15NO6S.Na/c1-3-5(2)7(10)9-6(8(11)12)4-16(13,14)15;/h5-6H,3-4H2,1-2H3,(H,9,10)(H,11,12)(H,13,14,15);/q;+1/p-1. The average Bonchev–Trinajstić information content (AvgIpc) is 2.13. The SMILES string of the molecule is CCC(C)C(=O)NC(CS(=O)(=O)[O-])C(=O)O.[Na+]. The molecule has 0 aliphatic rings. The Morgan fingerprint density at radius 1 is 1.41 bits per heavy atom. The first-order chi connectivity index (χ1) is 7.17. The van der Waals surface area contributed by atoms with E-state index in [0.29, 0.717) is 6.42 Å². The molecular weight excluding hydrogens is 261 g/mol. The Morgan fingerprint density at radius 2 is 1.88 bits per heavy atom. The van der Waals surface area contributed by atoms with Gasteiger partial charge in [-0.2, -0.15) is 0 Å². The number of hydrogen-bond donors (Lipinski definition) is 2. The van der Waals surface area contributed by atoms with Crippen LogP contribution in [-0.2, 0) is 19.7 Å². The van der Waals surface area contributed by atoms with E-state index in [1.54, 1.807) is 13.8 Å². The van der Waals surface area contributed by atoms with Crippen molar-refractivity contribution in [3.63, 3.8) is 0 Å². The fourth-order valence-corrected chi connectivity index (χ4v) is 1.51. The van der Waals surface area contributed by atoms with Crippen LogP contribution in [0.25, 0.3) is 0 Å². The third kappa shape index (κ3) is 8.56. The van der Waals surface area contributed by atoms with Gasteiger partial charge >= 0.3 is 35.5 Å². The molecule has 0 aliphatic heterocycles. The van der Waals surface area contributed by atoms with Gasteiger partial charge in [-0.25, -0.2) is 13.2 Å². The maximum Gasteiger partial charge on any atom is 1.00 e. The van der Waals surface area contributed by atoms with Gasteiger partial charge in [-0.1, -0.05) is 13.8 Å². The zero-order valence-electron chi connectivity index (χ0n) is 9.97. The van der Waals surface area contributed by atoms with Crippen molar-refractivity contribution >= 4 is 22.0 Å². The Labute approximate surface area is 122 Å². The molecule has 2 N–H and O–H groups in total. The molecule has 9 heteroatoms. The number of rotatable bonds is 6. The van der Waals surface area contributed by atoms with E-state index in [1.165, 1.54) is 0 Å². The first kappa shape index (κ1) is 19.2. The van der Waals surface area contributed by atoms with Gasteiger partial charge in [0.1, 0.15) is 6.04 Å². The molecule has 0 fully saturated rings. The Bertz CT molecular complexity index is 368. The van der Waals surface area contributed by atoms with E-state index in [4.69, 9.17) is 5.11 Å². The summed E-state index contributed by atoms with van der Waals surface area (Å²) in [5, 5.41) is 10.6. The molecule has 7 nitrogen and oxygen atoms in total. The zero-order chi connectivity index (χ0) is 12.9. The quantitative estimate of drug-likeness (QED) is 0.378. The number of hydrogen-bond acceptors (Lipinski definition) is 5. The van der Waals surface area contributed by atoms with Crippen molar-refractivity contribution in [3.05, 3.63) is 0 Å². The number of carbonyl (C=O) groups is 2. The van der Waals surface area contributed by atoms with Crippen LogP contribution in [0.4, 0.5) is 0 Å². The van der Waals surface area contributed by atoms with Crippen molar-refractivity contribution in [2.24, 2.45) is 5.92 Å². The number of nitrogens with one attached hydrogen (secondary N) is 1. The van der Waals surface area contributed by atoms with Crippen LogP contribution in [0.15, 0.2) is 0 Å². The molecular formula is C8H14NNaO6S. The molecule has 0 aromatic rings. The predicted octanol–water partition coefficient (Wildman–Crippen LogP) is -3.85. The van der Waals surface area contributed by atoms with Crippen molar-refractivity contribution in [1.82, 2.24) is 5.32 Å². The third-order valence-corrected chi connectivity index (χ3v) is 2.79. The van der Waals surface area contributed by atoms with Crippen LogP contribution in [-0.4, -0.2) is 41.7 Å². The Kier molecular flexibility index (Phi) is 9.08. The topological polar surface area (TPSA) is 124 Å². The molecule has 0 saturated heterocycles. The zero-order valence-corrected chi connectivity index (χ0v) is 12.8. The minimum Gasteiger partial charge on any atom is -0.748 e. The molecule has 94 valence electrons. The van der Waals surface area contributed by atoms with Gasteiger partial charge in [0.05, 0.1) is 15.9 Å². The molecule has 0 aromatic carbocycles. The van der Waals surface area contributed by atoms with E-state index in [-0.39, 0.29) is 29.6 Å². The van der Waals surface area contributed by atoms with E-state index < -0.39 is 39.7 Å². The van der Waals surface area contributed by atoms with E-state index in [9.17, 15) is 22.6 Å². The summed E-state index contributed by atoms with van der Waals surface area (Å²) in [6.45, 7) is 3.30. The van der Waals surface area contributed by atoms with Crippen LogP contribution in [0.2, 0.25) is 0 Å². The van der Waals surface area contributed by atoms with Gasteiger partial charge in [0.15, 0.2) is 0 Å². The van der Waals surface area contributed by atoms with E-state index >= 15 is 0 Å². The van der Waals surface area contributed by atoms with Gasteiger partial charge in [0.2, 0.25) is 5.91 Å². The van der Waals surface area contributed by atoms with Gasteiger partial charge in [-0.15, -0.1) is 0 Å². The number of carboxylic acids is 1. The molecule has 0 bridgehead atoms. The second kappa shape index (κ2) is 8.04. The molecule has 0 aromatic heterocycles. The molecule has 17 heavy (non-hydrogen) atoms. The smallest absolute Gasteiger partial charge is 0.748 e. The fourth-order valence-electron chi connectivity index (χ4n) is 0.878. The van der Waals surface area contributed by atoms with Crippen LogP contribution in [0, 0.1) is 5.92 Å². The predicted molar refractivity (Wildman–Crippen MR) is 53.6 cm³/mol. The molecule has 0 radical (unpaired) electrons. The van der Waals surface area contributed by atoms with Crippen molar-refractivity contribution in [3.8, 4) is 0 Å². The second-order valence-electron chi connectivity index (χ2n) is 3.43. The summed E-state index contributed by atoms with van der Waals surface area (Å²) < 4.78 is 31.2. The van der Waals surface area contributed by atoms with E-state index in [0.717, 1.165) is 0 Å². The monoisotopic (exact) mass is 275 g/mol. The summed E-state index contributed by atoms with van der Waals surface area (Å²) in [4.78, 5) is 21.9. The van der Waals surface area contributed by atoms with Gasteiger partial charge in [0.25, 0.3) is 0 Å². The number of aliphatic carboxylic acids is 1. The Morgan fingerprint density at radius 3 is 2.18 bits per heavy atom. The number of carbonyl (C=O) groups excluding carboxylic acids is 1. The molecule has 2 unspecified atom stereocenters. The summed E-state index contributed by atoms with van der Waals surface area (Å²) in [6, 6.07) is -1.69. The molecule has 0 spiro atoms. The normalized spacial score (nSPS) is 14.3.